The summed E-state index contributed by atoms with van der Waals surface area (Å²) >= 11 is 0. The number of carbonyl (C=O) groups is 1. The van der Waals surface area contributed by atoms with E-state index in [1.54, 1.807) is 18.5 Å². The summed E-state index contributed by atoms with van der Waals surface area (Å²) in [6.07, 6.45) is 1.83. The molecule has 0 aromatic carbocycles. The van der Waals surface area contributed by atoms with Crippen molar-refractivity contribution in [1.82, 2.24) is 9.97 Å². The largest absolute Gasteiger partial charge is 0.492 e. The van der Waals surface area contributed by atoms with Gasteiger partial charge in [0.2, 0.25) is 0 Å². The van der Waals surface area contributed by atoms with Crippen LogP contribution in [0.3, 0.4) is 0 Å². The lowest BCUT2D eigenvalue weighted by Crippen LogP contribution is -2.38. The number of pyridine rings is 2. The van der Waals surface area contributed by atoms with Gasteiger partial charge >= 0.3 is 12.1 Å². The number of ether oxygens (including phenoxy) is 2. The first kappa shape index (κ1) is 23.3. The zero-order chi connectivity index (χ0) is 23.4. The number of halogens is 3. The van der Waals surface area contributed by atoms with Gasteiger partial charge in [-0.25, -0.2) is 9.78 Å². The second kappa shape index (κ2) is 9.94. The van der Waals surface area contributed by atoms with E-state index in [9.17, 15) is 18.0 Å². The van der Waals surface area contributed by atoms with Gasteiger partial charge in [-0.2, -0.15) is 13.2 Å². The molecule has 1 unspecified atom stereocenters. The Morgan fingerprint density at radius 3 is 2.64 bits per heavy atom. The van der Waals surface area contributed by atoms with Crippen LogP contribution in [0.1, 0.15) is 47.8 Å². The van der Waals surface area contributed by atoms with Gasteiger partial charge in [-0.3, -0.25) is 4.98 Å². The summed E-state index contributed by atoms with van der Waals surface area (Å²) in [5.41, 5.74) is 1.63. The highest BCUT2D eigenvalue weighted by atomic mass is 19.4. The van der Waals surface area contributed by atoms with Crippen LogP contribution < -0.4 is 9.64 Å². The van der Waals surface area contributed by atoms with Crippen LogP contribution in [0.15, 0.2) is 36.8 Å². The molecule has 3 heterocycles. The zero-order valence-corrected chi connectivity index (χ0v) is 18.0. The molecule has 33 heavy (non-hydrogen) atoms. The Kier molecular flexibility index (Phi) is 7.02. The molecule has 1 N–H and O–H groups in total. The van der Waals surface area contributed by atoms with Gasteiger partial charge in [0, 0.05) is 30.9 Å². The molecule has 0 bridgehead atoms. The SMILES string of the molecule is O=C(O)c1ccc(C2CN(c3cncc(OC[C@H]4CC[C@H](C(F)(F)F)CC4)c3)CCO2)cn1. The number of nitrogens with zero attached hydrogens (tertiary/aromatic N) is 3. The van der Waals surface area contributed by atoms with Crippen molar-refractivity contribution in [2.24, 2.45) is 11.8 Å². The van der Waals surface area contributed by atoms with Gasteiger partial charge in [0.05, 0.1) is 37.2 Å². The molecule has 0 amide bonds. The Hall–Kier alpha value is -2.88. The topological polar surface area (TPSA) is 84.8 Å². The number of anilines is 1. The monoisotopic (exact) mass is 465 g/mol. The predicted octanol–water partition coefficient (Wildman–Crippen LogP) is 4.50. The highest BCUT2D eigenvalue weighted by Gasteiger charge is 2.41. The summed E-state index contributed by atoms with van der Waals surface area (Å²) < 4.78 is 50.3. The van der Waals surface area contributed by atoms with E-state index in [2.05, 4.69) is 14.9 Å². The van der Waals surface area contributed by atoms with Crippen molar-refractivity contribution in [2.75, 3.05) is 31.2 Å². The van der Waals surface area contributed by atoms with Crippen molar-refractivity contribution in [3.8, 4) is 5.75 Å². The minimum atomic E-state index is -4.10. The van der Waals surface area contributed by atoms with E-state index < -0.39 is 18.1 Å². The van der Waals surface area contributed by atoms with Crippen LogP contribution in [-0.2, 0) is 4.74 Å². The fourth-order valence-electron chi connectivity index (χ4n) is 4.34. The molecule has 1 aliphatic carbocycles. The third kappa shape index (κ3) is 5.93. The van der Waals surface area contributed by atoms with Crippen molar-refractivity contribution >= 4 is 11.7 Å². The fraction of sp³-hybridized carbons (Fsp3) is 0.522. The minimum Gasteiger partial charge on any atom is -0.492 e. The third-order valence-corrected chi connectivity index (χ3v) is 6.30. The first-order valence-electron chi connectivity index (χ1n) is 11.0. The van der Waals surface area contributed by atoms with Crippen LogP contribution in [0.2, 0.25) is 0 Å². The summed E-state index contributed by atoms with van der Waals surface area (Å²) in [5, 5.41) is 9.01. The lowest BCUT2D eigenvalue weighted by Gasteiger charge is -2.34. The number of hydrogen-bond donors (Lipinski definition) is 1. The number of carboxylic acids is 1. The maximum absolute atomic E-state index is 12.8. The molecule has 4 rings (SSSR count). The summed E-state index contributed by atoms with van der Waals surface area (Å²) in [6, 6.07) is 5.04. The molecule has 1 saturated heterocycles. The zero-order valence-electron chi connectivity index (χ0n) is 18.0. The van der Waals surface area contributed by atoms with Crippen LogP contribution in [0.4, 0.5) is 18.9 Å². The van der Waals surface area contributed by atoms with E-state index in [0.717, 1.165) is 11.3 Å². The van der Waals surface area contributed by atoms with Crippen LogP contribution in [0.25, 0.3) is 0 Å². The number of aromatic nitrogens is 2. The van der Waals surface area contributed by atoms with E-state index in [-0.39, 0.29) is 30.6 Å². The second-order valence-corrected chi connectivity index (χ2v) is 8.54. The van der Waals surface area contributed by atoms with Crippen LogP contribution in [-0.4, -0.2) is 53.5 Å². The van der Waals surface area contributed by atoms with Gasteiger partial charge in [-0.05, 0) is 37.7 Å². The van der Waals surface area contributed by atoms with E-state index in [4.69, 9.17) is 14.6 Å². The molecule has 1 saturated carbocycles. The Labute approximate surface area is 189 Å². The molecule has 0 spiro atoms. The van der Waals surface area contributed by atoms with E-state index >= 15 is 0 Å². The highest BCUT2D eigenvalue weighted by molar-refractivity contribution is 5.85. The maximum atomic E-state index is 12.8. The summed E-state index contributed by atoms with van der Waals surface area (Å²) in [5.74, 6) is -1.57. The van der Waals surface area contributed by atoms with Gasteiger partial charge in [0.25, 0.3) is 0 Å². The van der Waals surface area contributed by atoms with Crippen molar-refractivity contribution in [3.05, 3.63) is 48.0 Å². The normalized spacial score (nSPS) is 23.8. The van der Waals surface area contributed by atoms with E-state index in [0.29, 0.717) is 44.9 Å². The van der Waals surface area contributed by atoms with Gasteiger partial charge in [-0.15, -0.1) is 0 Å². The van der Waals surface area contributed by atoms with Crippen LogP contribution >= 0.6 is 0 Å². The number of aromatic carboxylic acids is 1. The quantitative estimate of drug-likeness (QED) is 0.672. The van der Waals surface area contributed by atoms with Crippen molar-refractivity contribution < 1.29 is 32.5 Å². The van der Waals surface area contributed by atoms with Gasteiger partial charge < -0.3 is 19.5 Å². The number of rotatable bonds is 6. The third-order valence-electron chi connectivity index (χ3n) is 6.30. The second-order valence-electron chi connectivity index (χ2n) is 8.54. The molecule has 10 heteroatoms. The first-order valence-corrected chi connectivity index (χ1v) is 11.0. The number of alkyl halides is 3. The molecule has 7 nitrogen and oxygen atoms in total. The van der Waals surface area contributed by atoms with Crippen LogP contribution in [0, 0.1) is 11.8 Å². The van der Waals surface area contributed by atoms with E-state index in [1.165, 1.54) is 12.3 Å². The molecule has 1 atom stereocenters. The Balaban J connectivity index is 1.33. The highest BCUT2D eigenvalue weighted by Crippen LogP contribution is 2.39. The lowest BCUT2D eigenvalue weighted by molar-refractivity contribution is -0.184. The van der Waals surface area contributed by atoms with Crippen molar-refractivity contribution in [1.29, 1.82) is 0 Å². The average molecular weight is 465 g/mol. The molecule has 2 aliphatic rings. The Bertz CT molecular complexity index is 947. The molecule has 178 valence electrons. The number of morpholine rings is 1. The van der Waals surface area contributed by atoms with Crippen LogP contribution in [0.5, 0.6) is 5.75 Å². The molecule has 1 aliphatic heterocycles. The van der Waals surface area contributed by atoms with Gasteiger partial charge in [-0.1, -0.05) is 6.07 Å². The molecular weight excluding hydrogens is 439 g/mol. The molecule has 2 fully saturated rings. The molecule has 0 radical (unpaired) electrons. The smallest absolute Gasteiger partial charge is 0.391 e. The summed E-state index contributed by atoms with van der Waals surface area (Å²) in [4.78, 5) is 21.3. The summed E-state index contributed by atoms with van der Waals surface area (Å²) in [6.45, 7) is 2.06. The predicted molar refractivity (Wildman–Crippen MR) is 113 cm³/mol. The average Bonchev–Trinajstić information content (AvgIpc) is 2.83. The Morgan fingerprint density at radius 2 is 1.97 bits per heavy atom. The standard InChI is InChI=1S/C23H26F3N3O4/c24-23(25,26)17-4-1-15(2-5-17)14-33-19-9-18(11-27-12-19)29-7-8-32-21(13-29)16-3-6-20(22(30)31)28-10-16/h3,6,9-12,15,17,21H,1-2,4-5,7-8,13-14H2,(H,30,31)/t15-,17-,21?. The first-order chi connectivity index (χ1) is 15.8. The maximum Gasteiger partial charge on any atom is 0.391 e. The number of carboxylic acid groups (broad SMARTS) is 1. The number of hydrogen-bond acceptors (Lipinski definition) is 6. The molecular formula is C23H26F3N3O4. The molecule has 2 aromatic heterocycles. The van der Waals surface area contributed by atoms with Crippen molar-refractivity contribution in [3.63, 3.8) is 0 Å². The summed E-state index contributed by atoms with van der Waals surface area (Å²) in [7, 11) is 0. The van der Waals surface area contributed by atoms with Gasteiger partial charge in [0.1, 0.15) is 17.5 Å². The lowest BCUT2D eigenvalue weighted by atomic mass is 9.82. The van der Waals surface area contributed by atoms with Gasteiger partial charge in [0.15, 0.2) is 0 Å². The Morgan fingerprint density at radius 1 is 1.18 bits per heavy atom. The van der Waals surface area contributed by atoms with E-state index in [1.807, 2.05) is 6.07 Å². The van der Waals surface area contributed by atoms with Crippen molar-refractivity contribution in [2.45, 2.75) is 38.0 Å². The minimum absolute atomic E-state index is 0.0210. The fourth-order valence-corrected chi connectivity index (χ4v) is 4.34. The molecule has 2 aromatic rings.